The SMILES string of the molecule is Cc1nc(COc2ccc(C(=O)NCC(c3ccco3)N3CCCCC3)cc2)cs1. The van der Waals surface area contributed by atoms with Gasteiger partial charge in [-0.15, -0.1) is 11.3 Å². The van der Waals surface area contributed by atoms with Gasteiger partial charge in [0.05, 0.1) is 23.0 Å². The number of nitrogens with zero attached hydrogens (tertiary/aromatic N) is 2. The number of piperidine rings is 1. The molecule has 158 valence electrons. The molecule has 3 heterocycles. The highest BCUT2D eigenvalue weighted by Gasteiger charge is 2.25. The molecule has 1 aliphatic rings. The van der Waals surface area contributed by atoms with Gasteiger partial charge in [-0.05, 0) is 69.3 Å². The molecule has 30 heavy (non-hydrogen) atoms. The number of amides is 1. The minimum Gasteiger partial charge on any atom is -0.487 e. The highest BCUT2D eigenvalue weighted by molar-refractivity contribution is 7.09. The largest absolute Gasteiger partial charge is 0.487 e. The number of carbonyl (C=O) groups excluding carboxylic acids is 1. The van der Waals surface area contributed by atoms with Crippen LogP contribution in [-0.4, -0.2) is 35.4 Å². The van der Waals surface area contributed by atoms with E-state index in [2.05, 4.69) is 15.2 Å². The number of carbonyl (C=O) groups is 1. The summed E-state index contributed by atoms with van der Waals surface area (Å²) >= 11 is 1.61. The fraction of sp³-hybridized carbons (Fsp3) is 0.391. The van der Waals surface area contributed by atoms with Crippen molar-refractivity contribution in [3.8, 4) is 5.75 Å². The topological polar surface area (TPSA) is 67.6 Å². The number of likely N-dealkylation sites (tertiary alicyclic amines) is 1. The Balaban J connectivity index is 1.33. The molecule has 6 nitrogen and oxygen atoms in total. The monoisotopic (exact) mass is 425 g/mol. The number of nitrogens with one attached hydrogen (secondary N) is 1. The van der Waals surface area contributed by atoms with Gasteiger partial charge in [0.25, 0.3) is 5.91 Å². The smallest absolute Gasteiger partial charge is 0.251 e. The summed E-state index contributed by atoms with van der Waals surface area (Å²) in [4.78, 5) is 19.5. The van der Waals surface area contributed by atoms with Crippen molar-refractivity contribution in [3.05, 3.63) is 70.1 Å². The quantitative estimate of drug-likeness (QED) is 0.572. The summed E-state index contributed by atoms with van der Waals surface area (Å²) in [5, 5.41) is 6.10. The van der Waals surface area contributed by atoms with E-state index in [1.165, 1.54) is 19.3 Å². The molecule has 1 unspecified atom stereocenters. The number of thiazole rings is 1. The molecule has 1 amide bonds. The molecule has 0 radical (unpaired) electrons. The molecular formula is C23H27N3O3S. The van der Waals surface area contributed by atoms with Gasteiger partial charge in [0.2, 0.25) is 0 Å². The molecule has 2 aromatic heterocycles. The number of aryl methyl sites for hydroxylation is 1. The molecule has 0 bridgehead atoms. The second-order valence-corrected chi connectivity index (χ2v) is 8.57. The Bertz CT molecular complexity index is 931. The molecule has 1 N–H and O–H groups in total. The number of ether oxygens (including phenoxy) is 1. The van der Waals surface area contributed by atoms with Gasteiger partial charge in [-0.25, -0.2) is 4.98 Å². The van der Waals surface area contributed by atoms with Gasteiger partial charge in [-0.1, -0.05) is 6.42 Å². The lowest BCUT2D eigenvalue weighted by Crippen LogP contribution is -2.40. The Labute approximate surface area is 180 Å². The van der Waals surface area contributed by atoms with Crippen LogP contribution >= 0.6 is 11.3 Å². The number of rotatable bonds is 8. The second kappa shape index (κ2) is 9.91. The maximum Gasteiger partial charge on any atom is 0.251 e. The third-order valence-corrected chi connectivity index (χ3v) is 6.15. The summed E-state index contributed by atoms with van der Waals surface area (Å²) in [6, 6.07) is 11.2. The predicted molar refractivity (Wildman–Crippen MR) is 117 cm³/mol. The zero-order valence-electron chi connectivity index (χ0n) is 17.2. The maximum absolute atomic E-state index is 12.7. The summed E-state index contributed by atoms with van der Waals surface area (Å²) in [5.74, 6) is 1.53. The lowest BCUT2D eigenvalue weighted by atomic mass is 10.1. The molecule has 4 rings (SSSR count). The Morgan fingerprint density at radius 1 is 1.23 bits per heavy atom. The van der Waals surface area contributed by atoms with Gasteiger partial charge in [0, 0.05) is 17.5 Å². The van der Waals surface area contributed by atoms with E-state index in [1.54, 1.807) is 29.7 Å². The van der Waals surface area contributed by atoms with Crippen LogP contribution in [0.4, 0.5) is 0 Å². The van der Waals surface area contributed by atoms with Crippen molar-refractivity contribution in [1.29, 1.82) is 0 Å². The van der Waals surface area contributed by atoms with Crippen molar-refractivity contribution in [3.63, 3.8) is 0 Å². The van der Waals surface area contributed by atoms with Gasteiger partial charge in [-0.3, -0.25) is 9.69 Å². The van der Waals surface area contributed by atoms with Gasteiger partial charge in [0.15, 0.2) is 0 Å². The van der Waals surface area contributed by atoms with Crippen LogP contribution in [0.1, 0.15) is 52.1 Å². The van der Waals surface area contributed by atoms with Crippen LogP contribution in [-0.2, 0) is 6.61 Å². The summed E-state index contributed by atoms with van der Waals surface area (Å²) in [7, 11) is 0. The van der Waals surface area contributed by atoms with E-state index >= 15 is 0 Å². The second-order valence-electron chi connectivity index (χ2n) is 7.51. The molecular weight excluding hydrogens is 398 g/mol. The number of hydrogen-bond donors (Lipinski definition) is 1. The average Bonchev–Trinajstić information content (AvgIpc) is 3.45. The molecule has 0 spiro atoms. The fourth-order valence-electron chi connectivity index (χ4n) is 3.75. The van der Waals surface area contributed by atoms with Gasteiger partial charge >= 0.3 is 0 Å². The highest BCUT2D eigenvalue weighted by Crippen LogP contribution is 2.24. The van der Waals surface area contributed by atoms with Gasteiger partial charge < -0.3 is 14.5 Å². The first kappa shape index (κ1) is 20.6. The molecule has 1 aromatic carbocycles. The van der Waals surface area contributed by atoms with Crippen LogP contribution in [0.25, 0.3) is 0 Å². The standard InChI is InChI=1S/C23H27N3O3S/c1-17-25-19(16-30-17)15-29-20-9-7-18(8-10-20)23(27)24-14-21(22-6-5-13-28-22)26-11-3-2-4-12-26/h5-10,13,16,21H,2-4,11-12,14-15H2,1H3,(H,24,27). The molecule has 1 fully saturated rings. The van der Waals surface area contributed by atoms with Crippen molar-refractivity contribution in [2.24, 2.45) is 0 Å². The van der Waals surface area contributed by atoms with Crippen molar-refractivity contribution in [2.45, 2.75) is 38.8 Å². The summed E-state index contributed by atoms with van der Waals surface area (Å²) in [6.45, 7) is 4.99. The minimum atomic E-state index is -0.0924. The van der Waals surface area contributed by atoms with E-state index in [0.717, 1.165) is 35.3 Å². The van der Waals surface area contributed by atoms with Crippen molar-refractivity contribution < 1.29 is 13.9 Å². The van der Waals surface area contributed by atoms with Crippen molar-refractivity contribution in [2.75, 3.05) is 19.6 Å². The zero-order chi connectivity index (χ0) is 20.8. The van der Waals surface area contributed by atoms with Crippen LogP contribution in [0.15, 0.2) is 52.5 Å². The normalized spacial score (nSPS) is 15.6. The van der Waals surface area contributed by atoms with E-state index in [1.807, 2.05) is 36.6 Å². The first-order valence-corrected chi connectivity index (χ1v) is 11.3. The molecule has 1 aliphatic heterocycles. The number of benzene rings is 1. The van der Waals surface area contributed by atoms with Gasteiger partial charge in [0.1, 0.15) is 18.1 Å². The molecule has 1 atom stereocenters. The number of hydrogen-bond acceptors (Lipinski definition) is 6. The average molecular weight is 426 g/mol. The Hall–Kier alpha value is -2.64. The summed E-state index contributed by atoms with van der Waals surface area (Å²) in [6.07, 6.45) is 5.34. The van der Waals surface area contributed by atoms with Crippen molar-refractivity contribution >= 4 is 17.2 Å². The van der Waals surface area contributed by atoms with Crippen molar-refractivity contribution in [1.82, 2.24) is 15.2 Å². The number of furan rings is 1. The highest BCUT2D eigenvalue weighted by atomic mass is 32.1. The first-order chi connectivity index (χ1) is 14.7. The summed E-state index contributed by atoms with van der Waals surface area (Å²) in [5.41, 5.74) is 1.53. The van der Waals surface area contributed by atoms with Crippen LogP contribution in [0.3, 0.4) is 0 Å². The van der Waals surface area contributed by atoms with E-state index in [0.29, 0.717) is 18.7 Å². The van der Waals surface area contributed by atoms with E-state index in [9.17, 15) is 4.79 Å². The molecule has 0 saturated carbocycles. The van der Waals surface area contributed by atoms with E-state index in [4.69, 9.17) is 9.15 Å². The van der Waals surface area contributed by atoms with Gasteiger partial charge in [-0.2, -0.15) is 0 Å². The first-order valence-electron chi connectivity index (χ1n) is 10.4. The number of aromatic nitrogens is 1. The molecule has 3 aromatic rings. The Kier molecular flexibility index (Phi) is 6.81. The maximum atomic E-state index is 12.7. The van der Waals surface area contributed by atoms with Crippen LogP contribution < -0.4 is 10.1 Å². The summed E-state index contributed by atoms with van der Waals surface area (Å²) < 4.78 is 11.4. The Morgan fingerprint density at radius 2 is 2.03 bits per heavy atom. The Morgan fingerprint density at radius 3 is 2.70 bits per heavy atom. The van der Waals surface area contributed by atoms with E-state index < -0.39 is 0 Å². The van der Waals surface area contributed by atoms with E-state index in [-0.39, 0.29) is 11.9 Å². The predicted octanol–water partition coefficient (Wildman–Crippen LogP) is 4.58. The third-order valence-electron chi connectivity index (χ3n) is 5.33. The lowest BCUT2D eigenvalue weighted by molar-refractivity contribution is 0.0914. The van der Waals surface area contributed by atoms with Crippen LogP contribution in [0.5, 0.6) is 5.75 Å². The van der Waals surface area contributed by atoms with Crippen LogP contribution in [0.2, 0.25) is 0 Å². The van der Waals surface area contributed by atoms with Crippen LogP contribution in [0, 0.1) is 6.92 Å². The fourth-order valence-corrected chi connectivity index (χ4v) is 4.34. The lowest BCUT2D eigenvalue weighted by Gasteiger charge is -2.33. The minimum absolute atomic E-state index is 0.0634. The third kappa shape index (κ3) is 5.29. The molecule has 1 saturated heterocycles. The molecule has 7 heteroatoms. The zero-order valence-corrected chi connectivity index (χ0v) is 18.0. The molecule has 0 aliphatic carbocycles.